The Kier molecular flexibility index (Phi) is 20.4. The van der Waals surface area contributed by atoms with Crippen LogP contribution in [0.2, 0.25) is 0 Å². The Bertz CT molecular complexity index is 3000. The van der Waals surface area contributed by atoms with Gasteiger partial charge in [-0.2, -0.15) is 0 Å². The van der Waals surface area contributed by atoms with Crippen molar-refractivity contribution in [3.63, 3.8) is 0 Å². The highest BCUT2D eigenvalue weighted by Crippen LogP contribution is 2.29. The first-order valence-corrected chi connectivity index (χ1v) is 28.1. The van der Waals surface area contributed by atoms with E-state index >= 15 is 0 Å². The Morgan fingerprint density at radius 1 is 0.519 bits per heavy atom. The van der Waals surface area contributed by atoms with Gasteiger partial charge in [-0.1, -0.05) is 139 Å². The van der Waals surface area contributed by atoms with Gasteiger partial charge in [0.25, 0.3) is 11.8 Å². The molecule has 8 N–H and O–H groups in total. The molecule has 430 valence electrons. The number of carbonyl (C=O) groups excluding carboxylic acids is 7. The molecule has 2 heterocycles. The summed E-state index contributed by atoms with van der Waals surface area (Å²) in [5.41, 5.74) is 5.37. The average Bonchev–Trinajstić information content (AvgIpc) is 4.13. The molecule has 2 aliphatic heterocycles. The molecule has 2 saturated heterocycles. The van der Waals surface area contributed by atoms with Gasteiger partial charge in [0, 0.05) is 62.0 Å². The summed E-state index contributed by atoms with van der Waals surface area (Å²) < 4.78 is 0. The minimum Gasteiger partial charge on any atom is -0.350 e. The fourth-order valence-corrected chi connectivity index (χ4v) is 10.3. The van der Waals surface area contributed by atoms with Crippen molar-refractivity contribution >= 4 is 41.4 Å². The molecule has 5 aromatic rings. The van der Waals surface area contributed by atoms with Gasteiger partial charge in [0.2, 0.25) is 29.5 Å². The van der Waals surface area contributed by atoms with E-state index in [9.17, 15) is 33.6 Å². The van der Waals surface area contributed by atoms with Crippen molar-refractivity contribution in [2.45, 2.75) is 130 Å². The SMILES string of the molecule is CN[C@@H](C)C(=O)N[C@H](C(=O)N1C[C@@H](NC(=O)c2ccc(C(=O)N[C@H]3C[C@@H](C(=O)NCc4cccc(-c5ccccc5)c4)N(C(=O)[C@@H](NC(=O)[C@H](C)NC)C(C)(C)C)C3)cc2)C[C@H]1CNCc1cccc(-c2ccccc2)c1)C(C)(C)C. The maximum Gasteiger partial charge on any atom is 0.251 e. The van der Waals surface area contributed by atoms with Crippen molar-refractivity contribution in [1.82, 2.24) is 52.3 Å². The molecule has 7 amide bonds. The predicted octanol–water partition coefficient (Wildman–Crippen LogP) is 5.80. The number of likely N-dealkylation sites (N-methyl/N-ethyl adjacent to an activating group) is 2. The van der Waals surface area contributed by atoms with Crippen LogP contribution in [0.4, 0.5) is 0 Å². The normalized spacial score (nSPS) is 18.7. The van der Waals surface area contributed by atoms with E-state index < -0.39 is 70.8 Å². The van der Waals surface area contributed by atoms with Crippen LogP contribution in [-0.4, -0.2) is 133 Å². The zero-order chi connectivity index (χ0) is 58.6. The third-order valence-corrected chi connectivity index (χ3v) is 15.4. The molecule has 0 aliphatic carbocycles. The number of nitrogens with one attached hydrogen (secondary N) is 8. The number of benzene rings is 5. The van der Waals surface area contributed by atoms with Crippen LogP contribution in [0.25, 0.3) is 22.3 Å². The van der Waals surface area contributed by atoms with Gasteiger partial charge in [0.1, 0.15) is 18.1 Å². The molecular formula is C64H82N10O7. The van der Waals surface area contributed by atoms with Crippen molar-refractivity contribution in [3.05, 3.63) is 156 Å². The standard InChI is InChI=1S/C64H82N10O7/c1-40(65-9)56(75)71-54(63(3,4)5)61(80)73-38-50(33-52(73)37-67-35-42-19-17-25-48(31-42)44-21-13-11-14-22-44)69-58(77)46-27-29-47(30-28-46)59(78)70-51-34-53(74(39-51)62(81)55(64(6,7)8)72-57(76)41(2)66-10)60(79)68-36-43-20-18-26-49(32-43)45-23-15-12-16-24-45/h11-32,40-41,50-55,65-67H,33-39H2,1-10H3,(H,68,79)(H,69,77)(H,70,78)(H,71,75)(H,72,76)/t40-,41-,50-,51-,52-,53-,54+,55+/m0/s1. The molecule has 2 fully saturated rings. The number of hydrogen-bond acceptors (Lipinski definition) is 10. The van der Waals surface area contributed by atoms with Crippen molar-refractivity contribution in [3.8, 4) is 22.3 Å². The van der Waals surface area contributed by atoms with E-state index in [4.69, 9.17) is 0 Å². The van der Waals surface area contributed by atoms with Gasteiger partial charge < -0.3 is 52.3 Å². The van der Waals surface area contributed by atoms with Crippen molar-refractivity contribution < 1.29 is 33.6 Å². The smallest absolute Gasteiger partial charge is 0.251 e. The summed E-state index contributed by atoms with van der Waals surface area (Å²) in [6.45, 7) is 16.1. The summed E-state index contributed by atoms with van der Waals surface area (Å²) in [6, 6.07) is 37.2. The summed E-state index contributed by atoms with van der Waals surface area (Å²) in [7, 11) is 3.34. The van der Waals surface area contributed by atoms with Crippen LogP contribution in [0.3, 0.4) is 0 Å². The molecule has 2 aliphatic rings. The lowest BCUT2D eigenvalue weighted by Crippen LogP contribution is -2.59. The summed E-state index contributed by atoms with van der Waals surface area (Å²) in [5.74, 6) is -2.59. The van der Waals surface area contributed by atoms with Crippen LogP contribution in [0.1, 0.15) is 100 Å². The number of rotatable bonds is 21. The molecule has 5 aromatic carbocycles. The van der Waals surface area contributed by atoms with E-state index in [1.807, 2.05) is 120 Å². The highest BCUT2D eigenvalue weighted by Gasteiger charge is 2.46. The molecule has 17 nitrogen and oxygen atoms in total. The topological polar surface area (TPSA) is 222 Å². The molecule has 0 spiro atoms. The Morgan fingerprint density at radius 2 is 0.938 bits per heavy atom. The largest absolute Gasteiger partial charge is 0.350 e. The Hall–Kier alpha value is -7.73. The Morgan fingerprint density at radius 3 is 1.40 bits per heavy atom. The summed E-state index contributed by atoms with van der Waals surface area (Å²) in [6.07, 6.45) is 0.564. The molecule has 0 saturated carbocycles. The van der Waals surface area contributed by atoms with Gasteiger partial charge in [0.15, 0.2) is 0 Å². The molecule has 7 rings (SSSR count). The van der Waals surface area contributed by atoms with Crippen LogP contribution in [0, 0.1) is 10.8 Å². The number of nitrogens with zero attached hydrogens (tertiary/aromatic N) is 2. The molecule has 81 heavy (non-hydrogen) atoms. The fourth-order valence-electron chi connectivity index (χ4n) is 10.3. The highest BCUT2D eigenvalue weighted by molar-refractivity contribution is 5.99. The zero-order valence-electron chi connectivity index (χ0n) is 48.5. The third kappa shape index (κ3) is 16.0. The van der Waals surface area contributed by atoms with E-state index in [-0.39, 0.29) is 61.3 Å². The second kappa shape index (κ2) is 27.2. The van der Waals surface area contributed by atoms with E-state index in [1.165, 1.54) is 4.90 Å². The second-order valence-electron chi connectivity index (χ2n) is 23.7. The monoisotopic (exact) mass is 1100 g/mol. The zero-order valence-corrected chi connectivity index (χ0v) is 48.5. The lowest BCUT2D eigenvalue weighted by molar-refractivity contribution is -0.144. The molecule has 0 radical (unpaired) electrons. The molecule has 17 heteroatoms. The Labute approximate surface area is 477 Å². The lowest BCUT2D eigenvalue weighted by Gasteiger charge is -2.36. The Balaban J connectivity index is 1.03. The van der Waals surface area contributed by atoms with Crippen LogP contribution in [-0.2, 0) is 37.1 Å². The number of likely N-dealkylation sites (tertiary alicyclic amines) is 2. The van der Waals surface area contributed by atoms with Gasteiger partial charge in [-0.15, -0.1) is 0 Å². The minimum absolute atomic E-state index is 0.00742. The van der Waals surface area contributed by atoms with Crippen LogP contribution in [0.5, 0.6) is 0 Å². The second-order valence-corrected chi connectivity index (χ2v) is 23.7. The molecule has 8 atom stereocenters. The quantitative estimate of drug-likeness (QED) is 0.0441. The minimum atomic E-state index is -0.990. The van der Waals surface area contributed by atoms with Crippen LogP contribution in [0.15, 0.2) is 133 Å². The highest BCUT2D eigenvalue weighted by atomic mass is 16.2. The fraction of sp³-hybridized carbons (Fsp3) is 0.422. The molecule has 0 bridgehead atoms. The summed E-state index contributed by atoms with van der Waals surface area (Å²) in [4.78, 5) is 101. The average molecular weight is 1100 g/mol. The van der Waals surface area contributed by atoms with E-state index in [2.05, 4.69) is 72.9 Å². The molecule has 0 unspecified atom stereocenters. The van der Waals surface area contributed by atoms with Gasteiger partial charge in [-0.05, 0) is 121 Å². The number of carbonyl (C=O) groups is 7. The van der Waals surface area contributed by atoms with Crippen LogP contribution < -0.4 is 42.5 Å². The molecule has 0 aromatic heterocycles. The number of hydrogen-bond donors (Lipinski definition) is 8. The van der Waals surface area contributed by atoms with Gasteiger partial charge in [-0.25, -0.2) is 0 Å². The van der Waals surface area contributed by atoms with Crippen LogP contribution >= 0.6 is 0 Å². The van der Waals surface area contributed by atoms with Gasteiger partial charge >= 0.3 is 0 Å². The van der Waals surface area contributed by atoms with Gasteiger partial charge in [-0.3, -0.25) is 33.6 Å². The van der Waals surface area contributed by atoms with Crippen molar-refractivity contribution in [2.75, 3.05) is 33.7 Å². The maximum absolute atomic E-state index is 14.6. The summed E-state index contributed by atoms with van der Waals surface area (Å²) in [5, 5.41) is 24.5. The first kappa shape index (κ1) is 60.9. The molecular weight excluding hydrogens is 1020 g/mol. The first-order chi connectivity index (χ1) is 38.5. The van der Waals surface area contributed by atoms with Crippen molar-refractivity contribution in [1.29, 1.82) is 0 Å². The maximum atomic E-state index is 14.6. The predicted molar refractivity (Wildman–Crippen MR) is 316 cm³/mol. The lowest BCUT2D eigenvalue weighted by atomic mass is 9.85. The third-order valence-electron chi connectivity index (χ3n) is 15.4. The van der Waals surface area contributed by atoms with Crippen molar-refractivity contribution in [2.24, 2.45) is 10.8 Å². The van der Waals surface area contributed by atoms with E-state index in [0.717, 1.165) is 33.4 Å². The number of amides is 7. The summed E-state index contributed by atoms with van der Waals surface area (Å²) >= 11 is 0. The van der Waals surface area contributed by atoms with Gasteiger partial charge in [0.05, 0.1) is 12.1 Å². The van der Waals surface area contributed by atoms with E-state index in [1.54, 1.807) is 57.1 Å². The van der Waals surface area contributed by atoms with E-state index in [0.29, 0.717) is 25.1 Å². The first-order valence-electron chi connectivity index (χ1n) is 28.1.